The molecule has 1 aromatic carbocycles. The van der Waals surface area contributed by atoms with Gasteiger partial charge in [0.2, 0.25) is 0 Å². The van der Waals surface area contributed by atoms with Crippen LogP contribution >= 0.6 is 0 Å². The van der Waals surface area contributed by atoms with Crippen LogP contribution in [-0.2, 0) is 0 Å². The molecule has 19 heavy (non-hydrogen) atoms. The fourth-order valence-corrected chi connectivity index (χ4v) is 3.00. The van der Waals surface area contributed by atoms with Gasteiger partial charge in [0.05, 0.1) is 4.92 Å². The van der Waals surface area contributed by atoms with Gasteiger partial charge >= 0.3 is 0 Å². The van der Waals surface area contributed by atoms with Crippen LogP contribution in [0.15, 0.2) is 18.2 Å². The number of nitro groups is 1. The van der Waals surface area contributed by atoms with Crippen molar-refractivity contribution in [3.63, 3.8) is 0 Å². The Balaban J connectivity index is 2.18. The first-order valence-corrected chi connectivity index (χ1v) is 6.99. The molecule has 0 radical (unpaired) electrons. The maximum Gasteiger partial charge on any atom is 0.292 e. The number of aryl methyl sites for hydroxylation is 1. The van der Waals surface area contributed by atoms with Gasteiger partial charge in [0.1, 0.15) is 5.69 Å². The van der Waals surface area contributed by atoms with Crippen LogP contribution in [0.2, 0.25) is 0 Å². The summed E-state index contributed by atoms with van der Waals surface area (Å²) in [5.74, 6) is 1.32. The van der Waals surface area contributed by atoms with Crippen LogP contribution in [0.5, 0.6) is 0 Å². The van der Waals surface area contributed by atoms with E-state index in [1.807, 2.05) is 13.0 Å². The van der Waals surface area contributed by atoms with Crippen molar-refractivity contribution in [3.05, 3.63) is 33.9 Å². The fraction of sp³-hybridized carbons (Fsp3) is 0.600. The second kappa shape index (κ2) is 5.59. The van der Waals surface area contributed by atoms with E-state index >= 15 is 0 Å². The van der Waals surface area contributed by atoms with E-state index < -0.39 is 0 Å². The van der Waals surface area contributed by atoms with E-state index in [-0.39, 0.29) is 10.6 Å². The van der Waals surface area contributed by atoms with Crippen molar-refractivity contribution in [2.45, 2.75) is 46.1 Å². The summed E-state index contributed by atoms with van der Waals surface area (Å²) in [6, 6.07) is 5.60. The van der Waals surface area contributed by atoms with Gasteiger partial charge in [-0.1, -0.05) is 19.9 Å². The highest BCUT2D eigenvalue weighted by atomic mass is 16.6. The lowest BCUT2D eigenvalue weighted by Crippen LogP contribution is -2.33. The molecule has 3 unspecified atom stereocenters. The fourth-order valence-electron chi connectivity index (χ4n) is 3.00. The normalized spacial score (nSPS) is 27.0. The minimum Gasteiger partial charge on any atom is -0.376 e. The Hall–Kier alpha value is -1.58. The standard InChI is InChI=1S/C15H22N2O2/c1-10-4-6-13(12(3)8-10)16-14-9-11(2)5-7-15(14)17(18)19/h5,7,9-10,12-13,16H,4,6,8H2,1-3H3. The largest absolute Gasteiger partial charge is 0.376 e. The molecule has 0 bridgehead atoms. The van der Waals surface area contributed by atoms with Crippen molar-refractivity contribution < 1.29 is 4.92 Å². The summed E-state index contributed by atoms with van der Waals surface area (Å²) in [5, 5.41) is 14.5. The van der Waals surface area contributed by atoms with Gasteiger partial charge in [0.25, 0.3) is 5.69 Å². The highest BCUT2D eigenvalue weighted by molar-refractivity contribution is 5.63. The molecular weight excluding hydrogens is 240 g/mol. The van der Waals surface area contributed by atoms with Crippen LogP contribution in [0.3, 0.4) is 0 Å². The van der Waals surface area contributed by atoms with Crippen molar-refractivity contribution in [3.8, 4) is 0 Å². The predicted molar refractivity (Wildman–Crippen MR) is 77.4 cm³/mol. The quantitative estimate of drug-likeness (QED) is 0.658. The van der Waals surface area contributed by atoms with Gasteiger partial charge < -0.3 is 5.32 Å². The van der Waals surface area contributed by atoms with Gasteiger partial charge in [-0.3, -0.25) is 10.1 Å². The monoisotopic (exact) mass is 262 g/mol. The van der Waals surface area contributed by atoms with E-state index in [0.717, 1.165) is 17.9 Å². The second-order valence-corrected chi connectivity index (χ2v) is 5.92. The minimum atomic E-state index is -0.308. The molecule has 0 heterocycles. The van der Waals surface area contributed by atoms with Gasteiger partial charge in [-0.25, -0.2) is 0 Å². The van der Waals surface area contributed by atoms with Crippen molar-refractivity contribution in [2.75, 3.05) is 5.32 Å². The van der Waals surface area contributed by atoms with Gasteiger partial charge in [-0.2, -0.15) is 0 Å². The Kier molecular flexibility index (Phi) is 4.08. The van der Waals surface area contributed by atoms with Gasteiger partial charge in [-0.05, 0) is 49.7 Å². The zero-order valence-corrected chi connectivity index (χ0v) is 11.8. The van der Waals surface area contributed by atoms with Crippen molar-refractivity contribution >= 4 is 11.4 Å². The average molecular weight is 262 g/mol. The zero-order chi connectivity index (χ0) is 14.0. The summed E-state index contributed by atoms with van der Waals surface area (Å²) in [4.78, 5) is 10.8. The molecule has 4 nitrogen and oxygen atoms in total. The number of rotatable bonds is 3. The number of nitrogens with zero attached hydrogens (tertiary/aromatic N) is 1. The Morgan fingerprint density at radius 2 is 2.05 bits per heavy atom. The van der Waals surface area contributed by atoms with Crippen molar-refractivity contribution in [1.82, 2.24) is 0 Å². The molecule has 0 amide bonds. The van der Waals surface area contributed by atoms with Crippen LogP contribution < -0.4 is 5.32 Å². The molecule has 0 saturated heterocycles. The number of anilines is 1. The molecule has 104 valence electrons. The molecule has 0 aromatic heterocycles. The number of benzene rings is 1. The number of hydrogen-bond acceptors (Lipinski definition) is 3. The lowest BCUT2D eigenvalue weighted by molar-refractivity contribution is -0.384. The summed E-state index contributed by atoms with van der Waals surface area (Å²) >= 11 is 0. The summed E-state index contributed by atoms with van der Waals surface area (Å²) < 4.78 is 0. The molecule has 1 aliphatic rings. The molecule has 1 aliphatic carbocycles. The molecule has 0 spiro atoms. The van der Waals surface area contributed by atoms with Crippen molar-refractivity contribution in [1.29, 1.82) is 0 Å². The molecule has 1 aromatic rings. The molecule has 3 atom stereocenters. The third-order valence-electron chi connectivity index (χ3n) is 4.12. The highest BCUT2D eigenvalue weighted by Gasteiger charge is 2.27. The lowest BCUT2D eigenvalue weighted by atomic mass is 9.80. The lowest BCUT2D eigenvalue weighted by Gasteiger charge is -2.33. The molecule has 1 N–H and O–H groups in total. The van der Waals surface area contributed by atoms with Crippen LogP contribution in [0.1, 0.15) is 38.7 Å². The summed E-state index contributed by atoms with van der Waals surface area (Å²) in [7, 11) is 0. The average Bonchev–Trinajstić information content (AvgIpc) is 2.32. The maximum absolute atomic E-state index is 11.1. The van der Waals surface area contributed by atoms with E-state index in [1.54, 1.807) is 12.1 Å². The van der Waals surface area contributed by atoms with Crippen LogP contribution in [0.25, 0.3) is 0 Å². The van der Waals surface area contributed by atoms with Crippen LogP contribution in [0.4, 0.5) is 11.4 Å². The molecule has 1 saturated carbocycles. The van der Waals surface area contributed by atoms with Crippen LogP contribution in [0, 0.1) is 28.9 Å². The van der Waals surface area contributed by atoms with E-state index in [4.69, 9.17) is 0 Å². The first-order valence-electron chi connectivity index (χ1n) is 6.99. The first-order chi connectivity index (χ1) is 8.97. The topological polar surface area (TPSA) is 55.2 Å². The Morgan fingerprint density at radius 3 is 2.68 bits per heavy atom. The predicted octanol–water partition coefficient (Wildman–Crippen LogP) is 4.14. The minimum absolute atomic E-state index is 0.177. The summed E-state index contributed by atoms with van der Waals surface area (Å²) in [5.41, 5.74) is 1.89. The summed E-state index contributed by atoms with van der Waals surface area (Å²) in [6.07, 6.45) is 3.48. The zero-order valence-electron chi connectivity index (χ0n) is 11.8. The molecular formula is C15H22N2O2. The molecule has 2 rings (SSSR count). The molecule has 4 heteroatoms. The SMILES string of the molecule is Cc1ccc([N+](=O)[O-])c(NC2CCC(C)CC2C)c1. The third-order valence-corrected chi connectivity index (χ3v) is 4.12. The maximum atomic E-state index is 11.1. The Bertz CT molecular complexity index is 473. The van der Waals surface area contributed by atoms with E-state index in [1.165, 1.54) is 12.8 Å². The first kappa shape index (κ1) is 13.8. The third kappa shape index (κ3) is 3.25. The van der Waals surface area contributed by atoms with Crippen molar-refractivity contribution in [2.24, 2.45) is 11.8 Å². The Labute approximate surface area is 114 Å². The number of nitrogens with one attached hydrogen (secondary N) is 1. The van der Waals surface area contributed by atoms with E-state index in [0.29, 0.717) is 17.6 Å². The Morgan fingerprint density at radius 1 is 1.32 bits per heavy atom. The highest BCUT2D eigenvalue weighted by Crippen LogP contribution is 2.33. The summed E-state index contributed by atoms with van der Waals surface area (Å²) in [6.45, 7) is 6.47. The molecule has 1 fully saturated rings. The second-order valence-electron chi connectivity index (χ2n) is 5.92. The number of nitro benzene ring substituents is 1. The molecule has 0 aliphatic heterocycles. The van der Waals surface area contributed by atoms with E-state index in [9.17, 15) is 10.1 Å². The smallest absolute Gasteiger partial charge is 0.292 e. The number of hydrogen-bond donors (Lipinski definition) is 1. The van der Waals surface area contributed by atoms with Crippen LogP contribution in [-0.4, -0.2) is 11.0 Å². The van der Waals surface area contributed by atoms with Gasteiger partial charge in [0.15, 0.2) is 0 Å². The van der Waals surface area contributed by atoms with Gasteiger partial charge in [-0.15, -0.1) is 0 Å². The van der Waals surface area contributed by atoms with Gasteiger partial charge in [0, 0.05) is 12.1 Å². The van der Waals surface area contributed by atoms with E-state index in [2.05, 4.69) is 19.2 Å².